The number of rotatable bonds is 4. The number of pyridine rings is 1. The second-order valence-corrected chi connectivity index (χ2v) is 8.91. The minimum atomic E-state index is -5.02. The number of alkyl halides is 6. The molecule has 2 aromatic carbocycles. The van der Waals surface area contributed by atoms with Gasteiger partial charge in [-0.3, -0.25) is 9.59 Å². The van der Waals surface area contributed by atoms with Crippen molar-refractivity contribution in [1.29, 1.82) is 0 Å². The zero-order chi connectivity index (χ0) is 26.4. The molecular formula is C24H17F6N3O2S. The van der Waals surface area contributed by atoms with Gasteiger partial charge in [0.25, 0.3) is 11.5 Å². The van der Waals surface area contributed by atoms with Crippen molar-refractivity contribution < 1.29 is 31.1 Å². The fraction of sp³-hybridized carbons (Fsp3) is 0.208. The highest BCUT2D eigenvalue weighted by atomic mass is 32.1. The van der Waals surface area contributed by atoms with Crippen LogP contribution in [0.15, 0.2) is 58.8 Å². The third-order valence-electron chi connectivity index (χ3n) is 5.55. The van der Waals surface area contributed by atoms with E-state index in [1.54, 1.807) is 30.3 Å². The van der Waals surface area contributed by atoms with Crippen LogP contribution in [0.5, 0.6) is 0 Å². The molecule has 0 radical (unpaired) electrons. The zero-order valence-corrected chi connectivity index (χ0v) is 19.6. The van der Waals surface area contributed by atoms with Crippen molar-refractivity contribution in [2.75, 3.05) is 7.05 Å². The fourth-order valence-corrected chi connectivity index (χ4v) is 4.64. The normalized spacial score (nSPS) is 12.2. The summed E-state index contributed by atoms with van der Waals surface area (Å²) in [6.45, 7) is -0.566. The van der Waals surface area contributed by atoms with E-state index in [-0.39, 0.29) is 22.8 Å². The van der Waals surface area contributed by atoms with E-state index < -0.39 is 41.5 Å². The lowest BCUT2D eigenvalue weighted by molar-refractivity contribution is -0.143. The number of hydrogen-bond donors (Lipinski definition) is 0. The van der Waals surface area contributed by atoms with Crippen LogP contribution >= 0.6 is 11.3 Å². The van der Waals surface area contributed by atoms with Gasteiger partial charge in [-0.05, 0) is 29.3 Å². The zero-order valence-electron chi connectivity index (χ0n) is 18.7. The molecule has 36 heavy (non-hydrogen) atoms. The minimum Gasteiger partial charge on any atom is -0.336 e. The van der Waals surface area contributed by atoms with E-state index in [4.69, 9.17) is 0 Å². The summed E-state index contributed by atoms with van der Waals surface area (Å²) in [6.07, 6.45) is -10.0. The van der Waals surface area contributed by atoms with E-state index in [2.05, 4.69) is 4.98 Å². The Morgan fingerprint density at radius 1 is 1.00 bits per heavy atom. The average molecular weight is 525 g/mol. The number of aromatic nitrogens is 2. The van der Waals surface area contributed by atoms with Crippen molar-refractivity contribution in [3.05, 3.63) is 86.8 Å². The largest absolute Gasteiger partial charge is 0.416 e. The monoisotopic (exact) mass is 525 g/mol. The van der Waals surface area contributed by atoms with Gasteiger partial charge in [-0.25, -0.2) is 4.98 Å². The average Bonchev–Trinajstić information content (AvgIpc) is 3.30. The van der Waals surface area contributed by atoms with Gasteiger partial charge in [0.05, 0.1) is 22.2 Å². The summed E-state index contributed by atoms with van der Waals surface area (Å²) in [6, 6.07) is 9.77. The van der Waals surface area contributed by atoms with Crippen molar-refractivity contribution in [1.82, 2.24) is 14.5 Å². The Labute approximate surface area is 204 Å². The molecule has 2 heterocycles. The standard InChI is InChI=1S/C24H17F6N3O2S/c1-32(11-13-8-15(23(25,26)27)10-16(9-13)24(28,29)30)21(34)19-17(14-6-4-3-5-7-14)18-20(36-12-31-18)22(35)33(19)2/h3-10,12H,11H2,1-2H3. The molecule has 0 aliphatic carbocycles. The van der Waals surface area contributed by atoms with Gasteiger partial charge in [0.1, 0.15) is 10.4 Å². The molecule has 4 aromatic rings. The van der Waals surface area contributed by atoms with Crippen LogP contribution in [0.2, 0.25) is 0 Å². The van der Waals surface area contributed by atoms with Gasteiger partial charge < -0.3 is 9.47 Å². The molecule has 1 amide bonds. The second kappa shape index (κ2) is 9.08. The Morgan fingerprint density at radius 3 is 2.14 bits per heavy atom. The lowest BCUT2D eigenvalue weighted by Crippen LogP contribution is -2.33. The van der Waals surface area contributed by atoms with Crippen LogP contribution in [0.4, 0.5) is 26.3 Å². The molecule has 0 aliphatic heterocycles. The molecule has 0 saturated carbocycles. The predicted octanol–water partition coefficient (Wildman–Crippen LogP) is 5.97. The number of thiazole rings is 1. The number of benzene rings is 2. The van der Waals surface area contributed by atoms with Crippen LogP contribution < -0.4 is 5.56 Å². The van der Waals surface area contributed by atoms with Gasteiger partial charge in [0.15, 0.2) is 0 Å². The maximum absolute atomic E-state index is 13.5. The molecule has 2 aromatic heterocycles. The summed E-state index contributed by atoms with van der Waals surface area (Å²) in [5.74, 6) is -0.769. The summed E-state index contributed by atoms with van der Waals surface area (Å²) in [5.41, 5.74) is -1.26. The van der Waals surface area contributed by atoms with Crippen molar-refractivity contribution >= 4 is 27.5 Å². The van der Waals surface area contributed by atoms with Gasteiger partial charge in [0, 0.05) is 26.2 Å². The molecule has 4 rings (SSSR count). The van der Waals surface area contributed by atoms with E-state index >= 15 is 0 Å². The van der Waals surface area contributed by atoms with Gasteiger partial charge in [-0.15, -0.1) is 11.3 Å². The quantitative estimate of drug-likeness (QED) is 0.309. The van der Waals surface area contributed by atoms with E-state index in [9.17, 15) is 35.9 Å². The van der Waals surface area contributed by atoms with E-state index in [1.165, 1.54) is 19.6 Å². The molecule has 0 aliphatic rings. The molecule has 0 atom stereocenters. The first-order chi connectivity index (χ1) is 16.8. The first-order valence-electron chi connectivity index (χ1n) is 10.3. The van der Waals surface area contributed by atoms with Crippen LogP contribution in [-0.2, 0) is 25.9 Å². The molecule has 0 saturated heterocycles. The van der Waals surface area contributed by atoms with Crippen molar-refractivity contribution in [3.63, 3.8) is 0 Å². The third-order valence-corrected chi connectivity index (χ3v) is 6.37. The van der Waals surface area contributed by atoms with E-state index in [1.807, 2.05) is 0 Å². The number of amides is 1. The van der Waals surface area contributed by atoms with Gasteiger partial charge in [-0.1, -0.05) is 30.3 Å². The number of nitrogens with zero attached hydrogens (tertiary/aromatic N) is 3. The molecule has 0 bridgehead atoms. The van der Waals surface area contributed by atoms with Gasteiger partial charge in [0.2, 0.25) is 0 Å². The van der Waals surface area contributed by atoms with Gasteiger partial charge >= 0.3 is 12.4 Å². The molecule has 12 heteroatoms. The van der Waals surface area contributed by atoms with E-state index in [0.29, 0.717) is 28.0 Å². The summed E-state index contributed by atoms with van der Waals surface area (Å²) in [5, 5.41) is 0. The Balaban J connectivity index is 1.82. The summed E-state index contributed by atoms with van der Waals surface area (Å²) < 4.78 is 81.0. The summed E-state index contributed by atoms with van der Waals surface area (Å²) in [7, 11) is 2.61. The van der Waals surface area contributed by atoms with Crippen LogP contribution in [0.3, 0.4) is 0 Å². The lowest BCUT2D eigenvalue weighted by atomic mass is 10.0. The molecule has 5 nitrogen and oxygen atoms in total. The maximum Gasteiger partial charge on any atom is 0.416 e. The minimum absolute atomic E-state index is 0.0265. The number of fused-ring (bicyclic) bond motifs is 1. The van der Waals surface area contributed by atoms with Crippen molar-refractivity contribution in [2.24, 2.45) is 7.05 Å². The highest BCUT2D eigenvalue weighted by molar-refractivity contribution is 7.16. The second-order valence-electron chi connectivity index (χ2n) is 8.06. The molecule has 0 unspecified atom stereocenters. The Hall–Kier alpha value is -3.67. The Kier molecular flexibility index (Phi) is 6.41. The topological polar surface area (TPSA) is 55.2 Å². The lowest BCUT2D eigenvalue weighted by Gasteiger charge is -2.22. The van der Waals surface area contributed by atoms with Crippen molar-refractivity contribution in [2.45, 2.75) is 18.9 Å². The van der Waals surface area contributed by atoms with Crippen molar-refractivity contribution in [3.8, 4) is 11.1 Å². The third kappa shape index (κ3) is 4.72. The molecule has 188 valence electrons. The van der Waals surface area contributed by atoms with Crippen LogP contribution in [-0.4, -0.2) is 27.4 Å². The highest BCUT2D eigenvalue weighted by Crippen LogP contribution is 2.37. The predicted molar refractivity (Wildman–Crippen MR) is 123 cm³/mol. The van der Waals surface area contributed by atoms with Crippen LogP contribution in [0, 0.1) is 0 Å². The van der Waals surface area contributed by atoms with E-state index in [0.717, 1.165) is 20.8 Å². The van der Waals surface area contributed by atoms with Crippen LogP contribution in [0.1, 0.15) is 27.2 Å². The first kappa shape index (κ1) is 25.4. The number of hydrogen-bond acceptors (Lipinski definition) is 4. The molecular weight excluding hydrogens is 508 g/mol. The molecule has 0 fully saturated rings. The summed E-state index contributed by atoms with van der Waals surface area (Å²) in [4.78, 5) is 31.7. The fourth-order valence-electron chi connectivity index (χ4n) is 3.88. The summed E-state index contributed by atoms with van der Waals surface area (Å²) >= 11 is 1.09. The van der Waals surface area contributed by atoms with Crippen LogP contribution in [0.25, 0.3) is 21.3 Å². The Morgan fingerprint density at radius 2 is 1.58 bits per heavy atom. The SMILES string of the molecule is CN(Cc1cc(C(F)(F)F)cc(C(F)(F)F)c1)C(=O)c1c(-c2ccccc2)c2ncsc2c(=O)n1C. The molecule has 0 spiro atoms. The first-order valence-corrected chi connectivity index (χ1v) is 11.2. The highest BCUT2D eigenvalue weighted by Gasteiger charge is 2.37. The number of carbonyl (C=O) groups excluding carboxylic acids is 1. The smallest absolute Gasteiger partial charge is 0.336 e. The number of carbonyl (C=O) groups is 1. The van der Waals surface area contributed by atoms with Gasteiger partial charge in [-0.2, -0.15) is 26.3 Å². The maximum atomic E-state index is 13.5. The Bertz CT molecular complexity index is 1470. The molecule has 0 N–H and O–H groups in total. The number of halogens is 6.